The van der Waals surface area contributed by atoms with Crippen LogP contribution in [0.3, 0.4) is 0 Å². The average Bonchev–Trinajstić information content (AvgIpc) is 2.99. The molecule has 0 radical (unpaired) electrons. The molecular formula is C15H28O3Si. The standard InChI is InChI=1S/C15H28O3Si/c1-4-16-19(17-5-2,18-6-3)10-9-15-12-13-7-8-14(15)11-13/h7,14-15H,4-6,8-12H2,1-3H3. The lowest BCUT2D eigenvalue weighted by Crippen LogP contribution is -2.46. The van der Waals surface area contributed by atoms with Gasteiger partial charge in [-0.3, -0.25) is 0 Å². The maximum absolute atomic E-state index is 5.93. The van der Waals surface area contributed by atoms with Crippen molar-refractivity contribution in [2.24, 2.45) is 11.8 Å². The molecule has 2 bridgehead atoms. The van der Waals surface area contributed by atoms with Crippen LogP contribution in [-0.2, 0) is 13.3 Å². The van der Waals surface area contributed by atoms with Crippen LogP contribution in [0.4, 0.5) is 0 Å². The molecule has 4 heteroatoms. The fraction of sp³-hybridized carbons (Fsp3) is 0.867. The number of hydrogen-bond donors (Lipinski definition) is 0. The highest BCUT2D eigenvalue weighted by Gasteiger charge is 2.43. The number of allylic oxidation sites excluding steroid dienone is 2. The maximum atomic E-state index is 5.93. The van der Waals surface area contributed by atoms with E-state index in [1.165, 1.54) is 25.7 Å². The van der Waals surface area contributed by atoms with Crippen LogP contribution in [0.15, 0.2) is 11.6 Å². The van der Waals surface area contributed by atoms with Gasteiger partial charge in [0.1, 0.15) is 0 Å². The molecule has 2 atom stereocenters. The summed E-state index contributed by atoms with van der Waals surface area (Å²) in [7, 11) is -2.41. The molecule has 3 nitrogen and oxygen atoms in total. The molecule has 0 N–H and O–H groups in total. The summed E-state index contributed by atoms with van der Waals surface area (Å²) < 4.78 is 17.8. The van der Waals surface area contributed by atoms with E-state index >= 15 is 0 Å². The fourth-order valence-electron chi connectivity index (χ4n) is 3.55. The van der Waals surface area contributed by atoms with Crippen LogP contribution in [0.25, 0.3) is 0 Å². The first-order valence-corrected chi connectivity index (χ1v) is 9.76. The third-order valence-corrected chi connectivity index (χ3v) is 7.43. The zero-order chi connectivity index (χ0) is 13.7. The molecular weight excluding hydrogens is 256 g/mol. The average molecular weight is 284 g/mol. The summed E-state index contributed by atoms with van der Waals surface area (Å²) in [5.41, 5.74) is 1.69. The molecule has 0 heterocycles. The molecule has 0 aromatic carbocycles. The summed E-state index contributed by atoms with van der Waals surface area (Å²) >= 11 is 0. The topological polar surface area (TPSA) is 27.7 Å². The second-order valence-corrected chi connectivity index (χ2v) is 8.28. The van der Waals surface area contributed by atoms with E-state index in [1.54, 1.807) is 5.57 Å². The van der Waals surface area contributed by atoms with Gasteiger partial charge in [-0.2, -0.15) is 0 Å². The van der Waals surface area contributed by atoms with Gasteiger partial charge in [-0.1, -0.05) is 11.6 Å². The van der Waals surface area contributed by atoms with Crippen LogP contribution in [0.2, 0.25) is 6.04 Å². The summed E-state index contributed by atoms with van der Waals surface area (Å²) in [6.07, 6.45) is 7.59. The van der Waals surface area contributed by atoms with E-state index in [1.807, 2.05) is 20.8 Å². The van der Waals surface area contributed by atoms with Gasteiger partial charge in [-0.05, 0) is 58.3 Å². The largest absolute Gasteiger partial charge is 0.500 e. The molecule has 2 rings (SSSR count). The first-order chi connectivity index (χ1) is 9.23. The molecule has 0 aliphatic heterocycles. The van der Waals surface area contributed by atoms with Crippen LogP contribution >= 0.6 is 0 Å². The Morgan fingerprint density at radius 2 is 1.68 bits per heavy atom. The van der Waals surface area contributed by atoms with E-state index in [2.05, 4.69) is 6.08 Å². The van der Waals surface area contributed by atoms with Gasteiger partial charge in [0, 0.05) is 25.9 Å². The minimum absolute atomic E-state index is 0.686. The second-order valence-electron chi connectivity index (χ2n) is 5.55. The molecule has 0 aromatic heterocycles. The van der Waals surface area contributed by atoms with Gasteiger partial charge in [0.2, 0.25) is 0 Å². The molecule has 2 aliphatic carbocycles. The van der Waals surface area contributed by atoms with E-state index in [0.29, 0.717) is 19.8 Å². The summed E-state index contributed by atoms with van der Waals surface area (Å²) in [6, 6.07) is 0.983. The molecule has 0 aromatic rings. The Kier molecular flexibility index (Phi) is 5.63. The highest BCUT2D eigenvalue weighted by Crippen LogP contribution is 2.46. The number of hydrogen-bond acceptors (Lipinski definition) is 3. The first kappa shape index (κ1) is 15.2. The van der Waals surface area contributed by atoms with E-state index in [4.69, 9.17) is 13.3 Å². The van der Waals surface area contributed by atoms with E-state index in [0.717, 1.165) is 17.9 Å². The molecule has 19 heavy (non-hydrogen) atoms. The smallest absolute Gasteiger partial charge is 0.374 e. The summed E-state index contributed by atoms with van der Waals surface area (Å²) in [4.78, 5) is 0. The zero-order valence-corrected chi connectivity index (χ0v) is 13.6. The molecule has 2 unspecified atom stereocenters. The Hall–Kier alpha value is -0.163. The van der Waals surface area contributed by atoms with Crippen molar-refractivity contribution in [2.45, 2.75) is 52.5 Å². The quantitative estimate of drug-likeness (QED) is 0.476. The lowest BCUT2D eigenvalue weighted by atomic mass is 9.90. The van der Waals surface area contributed by atoms with Crippen LogP contribution in [0.1, 0.15) is 46.5 Å². The molecule has 1 fully saturated rings. The Morgan fingerprint density at radius 3 is 2.11 bits per heavy atom. The van der Waals surface area contributed by atoms with Crippen molar-refractivity contribution in [1.82, 2.24) is 0 Å². The predicted molar refractivity (Wildman–Crippen MR) is 79.0 cm³/mol. The highest BCUT2D eigenvalue weighted by molar-refractivity contribution is 6.60. The Morgan fingerprint density at radius 1 is 1.05 bits per heavy atom. The molecule has 0 spiro atoms. The number of rotatable bonds is 9. The predicted octanol–water partition coefficient (Wildman–Crippen LogP) is 3.78. The lowest BCUT2D eigenvalue weighted by molar-refractivity contribution is 0.0690. The molecule has 1 saturated carbocycles. The Labute approximate surface area is 118 Å². The van der Waals surface area contributed by atoms with Crippen molar-refractivity contribution in [3.8, 4) is 0 Å². The van der Waals surface area contributed by atoms with Gasteiger partial charge in [0.15, 0.2) is 0 Å². The first-order valence-electron chi connectivity index (χ1n) is 7.82. The Bertz CT molecular complexity index is 299. The minimum atomic E-state index is -2.41. The maximum Gasteiger partial charge on any atom is 0.500 e. The van der Waals surface area contributed by atoms with Crippen molar-refractivity contribution in [1.29, 1.82) is 0 Å². The normalized spacial score (nSPS) is 25.9. The molecule has 0 saturated heterocycles. The lowest BCUT2D eigenvalue weighted by Gasteiger charge is -2.30. The van der Waals surface area contributed by atoms with Crippen LogP contribution in [-0.4, -0.2) is 28.6 Å². The minimum Gasteiger partial charge on any atom is -0.374 e. The molecule has 0 amide bonds. The van der Waals surface area contributed by atoms with Crippen LogP contribution in [0.5, 0.6) is 0 Å². The van der Waals surface area contributed by atoms with Crippen molar-refractivity contribution < 1.29 is 13.3 Å². The van der Waals surface area contributed by atoms with Gasteiger partial charge in [0.05, 0.1) is 0 Å². The zero-order valence-electron chi connectivity index (χ0n) is 12.6. The van der Waals surface area contributed by atoms with Crippen molar-refractivity contribution in [3.05, 3.63) is 11.6 Å². The van der Waals surface area contributed by atoms with Crippen molar-refractivity contribution in [3.63, 3.8) is 0 Å². The van der Waals surface area contributed by atoms with E-state index < -0.39 is 8.80 Å². The van der Waals surface area contributed by atoms with E-state index in [-0.39, 0.29) is 0 Å². The van der Waals surface area contributed by atoms with Gasteiger partial charge in [0.25, 0.3) is 0 Å². The third-order valence-electron chi connectivity index (χ3n) is 4.34. The molecule has 2 aliphatic rings. The SMILES string of the molecule is CCO[Si](CCC1CC2=CCC1C2)(OCC)OCC. The van der Waals surface area contributed by atoms with Gasteiger partial charge in [-0.25, -0.2) is 0 Å². The summed E-state index contributed by atoms with van der Waals surface area (Å²) in [6.45, 7) is 8.15. The monoisotopic (exact) mass is 284 g/mol. The highest BCUT2D eigenvalue weighted by atomic mass is 28.4. The second kappa shape index (κ2) is 7.02. The van der Waals surface area contributed by atoms with Gasteiger partial charge < -0.3 is 13.3 Å². The summed E-state index contributed by atoms with van der Waals surface area (Å²) in [5.74, 6) is 1.74. The van der Waals surface area contributed by atoms with Crippen LogP contribution in [0, 0.1) is 11.8 Å². The fourth-order valence-corrected chi connectivity index (χ4v) is 6.28. The Balaban J connectivity index is 1.89. The van der Waals surface area contributed by atoms with Crippen molar-refractivity contribution in [2.75, 3.05) is 19.8 Å². The van der Waals surface area contributed by atoms with Gasteiger partial charge >= 0.3 is 8.80 Å². The van der Waals surface area contributed by atoms with Crippen molar-refractivity contribution >= 4 is 8.80 Å². The van der Waals surface area contributed by atoms with Crippen LogP contribution < -0.4 is 0 Å². The summed E-state index contributed by atoms with van der Waals surface area (Å²) in [5, 5.41) is 0. The number of fused-ring (bicyclic) bond motifs is 2. The molecule has 110 valence electrons. The van der Waals surface area contributed by atoms with Gasteiger partial charge in [-0.15, -0.1) is 0 Å². The third kappa shape index (κ3) is 3.69. The van der Waals surface area contributed by atoms with E-state index in [9.17, 15) is 0 Å².